The van der Waals surface area contributed by atoms with Crippen LogP contribution in [0.1, 0.15) is 19.2 Å². The summed E-state index contributed by atoms with van der Waals surface area (Å²) in [5.41, 5.74) is 0. The third-order valence-corrected chi connectivity index (χ3v) is 2.55. The molecular weight excluding hydrogens is 204 g/mol. The van der Waals surface area contributed by atoms with E-state index in [4.69, 9.17) is 5.11 Å². The molecule has 0 atom stereocenters. The van der Waals surface area contributed by atoms with Crippen molar-refractivity contribution in [2.45, 2.75) is 25.6 Å². The van der Waals surface area contributed by atoms with Crippen molar-refractivity contribution in [3.8, 4) is 0 Å². The summed E-state index contributed by atoms with van der Waals surface area (Å²) in [5.74, 6) is 1.27. The number of carboxylic acid groups (broad SMARTS) is 1. The van der Waals surface area contributed by atoms with Gasteiger partial charge in [-0.15, -0.1) is 5.10 Å². The molecule has 0 aliphatic heterocycles. The number of hydrogen-bond acceptors (Lipinski definition) is 5. The fraction of sp³-hybridized carbons (Fsp3) is 0.714. The van der Waals surface area contributed by atoms with Crippen LogP contribution in [-0.4, -0.2) is 37.0 Å². The molecule has 1 rings (SSSR count). The van der Waals surface area contributed by atoms with Crippen LogP contribution in [0.15, 0.2) is 0 Å². The lowest BCUT2D eigenvalue weighted by molar-refractivity contribution is -0.136. The summed E-state index contributed by atoms with van der Waals surface area (Å²) in [4.78, 5) is 10.2. The fourth-order valence-corrected chi connectivity index (χ4v) is 1.75. The number of aliphatic carboxylic acids is 1. The summed E-state index contributed by atoms with van der Waals surface area (Å²) in [6, 6.07) is 0. The molecule has 14 heavy (non-hydrogen) atoms. The smallest absolute Gasteiger partial charge is 0.304 e. The number of aryl methyl sites for hydroxylation is 1. The molecule has 0 bridgehead atoms. The van der Waals surface area contributed by atoms with Gasteiger partial charge in [-0.05, 0) is 17.4 Å². The fourth-order valence-electron chi connectivity index (χ4n) is 0.895. The van der Waals surface area contributed by atoms with Crippen molar-refractivity contribution in [2.24, 2.45) is 0 Å². The molecule has 0 spiro atoms. The van der Waals surface area contributed by atoms with E-state index in [0.717, 1.165) is 12.4 Å². The molecule has 0 radical (unpaired) electrons. The van der Waals surface area contributed by atoms with Gasteiger partial charge in [0.2, 0.25) is 0 Å². The highest BCUT2D eigenvalue weighted by atomic mass is 32.2. The molecule has 0 unspecified atom stereocenters. The average Bonchev–Trinajstić information content (AvgIpc) is 2.59. The van der Waals surface area contributed by atoms with Gasteiger partial charge in [-0.3, -0.25) is 4.79 Å². The van der Waals surface area contributed by atoms with Gasteiger partial charge in [-0.2, -0.15) is 11.8 Å². The molecule has 0 aliphatic carbocycles. The van der Waals surface area contributed by atoms with Crippen LogP contribution in [0, 0.1) is 0 Å². The van der Waals surface area contributed by atoms with Crippen molar-refractivity contribution in [3.05, 3.63) is 5.82 Å². The number of carbonyl (C=O) groups is 1. The molecule has 0 fully saturated rings. The molecule has 1 aromatic heterocycles. The summed E-state index contributed by atoms with van der Waals surface area (Å²) >= 11 is 1.52. The first-order valence-electron chi connectivity index (χ1n) is 4.28. The summed E-state index contributed by atoms with van der Waals surface area (Å²) < 4.78 is 1.70. The zero-order valence-corrected chi connectivity index (χ0v) is 8.70. The van der Waals surface area contributed by atoms with Gasteiger partial charge in [0, 0.05) is 12.3 Å². The molecule has 0 aromatic carbocycles. The van der Waals surface area contributed by atoms with E-state index in [1.807, 2.05) is 6.92 Å². The van der Waals surface area contributed by atoms with Gasteiger partial charge in [0.1, 0.15) is 0 Å². The summed E-state index contributed by atoms with van der Waals surface area (Å²) in [6.45, 7) is 2.70. The van der Waals surface area contributed by atoms with Crippen LogP contribution in [0.25, 0.3) is 0 Å². The maximum Gasteiger partial charge on any atom is 0.304 e. The topological polar surface area (TPSA) is 80.9 Å². The highest BCUT2D eigenvalue weighted by Gasteiger charge is 2.04. The second kappa shape index (κ2) is 5.58. The van der Waals surface area contributed by atoms with Gasteiger partial charge in [-0.25, -0.2) is 4.68 Å². The first-order valence-corrected chi connectivity index (χ1v) is 5.44. The Hall–Kier alpha value is -1.11. The molecule has 1 aromatic rings. The second-order valence-corrected chi connectivity index (χ2v) is 3.71. The predicted molar refractivity (Wildman–Crippen MR) is 51.9 cm³/mol. The largest absolute Gasteiger partial charge is 0.481 e. The molecule has 0 saturated heterocycles. The molecule has 7 heteroatoms. The van der Waals surface area contributed by atoms with Crippen molar-refractivity contribution in [2.75, 3.05) is 5.75 Å². The first-order chi connectivity index (χ1) is 6.74. The monoisotopic (exact) mass is 216 g/mol. The molecule has 6 nitrogen and oxygen atoms in total. The van der Waals surface area contributed by atoms with E-state index < -0.39 is 5.97 Å². The van der Waals surface area contributed by atoms with Crippen LogP contribution in [0.5, 0.6) is 0 Å². The van der Waals surface area contributed by atoms with E-state index in [9.17, 15) is 4.79 Å². The number of aromatic nitrogens is 4. The van der Waals surface area contributed by atoms with E-state index in [2.05, 4.69) is 15.5 Å². The minimum atomic E-state index is -0.771. The summed E-state index contributed by atoms with van der Waals surface area (Å²) in [6.07, 6.45) is 0.179. The zero-order chi connectivity index (χ0) is 10.4. The number of tetrazole rings is 1. The quantitative estimate of drug-likeness (QED) is 0.693. The predicted octanol–water partition coefficient (Wildman–Crippen LogP) is 0.401. The Balaban J connectivity index is 2.27. The molecular formula is C7H12N4O2S. The average molecular weight is 216 g/mol. The van der Waals surface area contributed by atoms with Crippen LogP contribution < -0.4 is 0 Å². The molecule has 78 valence electrons. The first kappa shape index (κ1) is 11.0. The third kappa shape index (κ3) is 3.33. The Morgan fingerprint density at radius 1 is 1.64 bits per heavy atom. The Kier molecular flexibility index (Phi) is 4.37. The highest BCUT2D eigenvalue weighted by molar-refractivity contribution is 7.98. The summed E-state index contributed by atoms with van der Waals surface area (Å²) in [7, 11) is 0. The SMILES string of the molecule is CCn1nnnc1CSCCC(=O)O. The maximum atomic E-state index is 10.2. The lowest BCUT2D eigenvalue weighted by atomic mass is 10.5. The maximum absolute atomic E-state index is 10.2. The van der Waals surface area contributed by atoms with E-state index in [1.54, 1.807) is 4.68 Å². The zero-order valence-electron chi connectivity index (χ0n) is 7.88. The Labute approximate surface area is 85.7 Å². The molecule has 0 amide bonds. The van der Waals surface area contributed by atoms with Crippen LogP contribution >= 0.6 is 11.8 Å². The van der Waals surface area contributed by atoms with E-state index >= 15 is 0 Å². The lowest BCUT2D eigenvalue weighted by Crippen LogP contribution is -2.03. The van der Waals surface area contributed by atoms with E-state index in [-0.39, 0.29) is 6.42 Å². The number of hydrogen-bond donors (Lipinski definition) is 1. The Bertz CT molecular complexity index is 302. The molecule has 1 heterocycles. The van der Waals surface area contributed by atoms with Crippen molar-refractivity contribution in [3.63, 3.8) is 0 Å². The van der Waals surface area contributed by atoms with Crippen LogP contribution in [0.2, 0.25) is 0 Å². The second-order valence-electron chi connectivity index (χ2n) is 2.61. The van der Waals surface area contributed by atoms with Crippen molar-refractivity contribution >= 4 is 17.7 Å². The van der Waals surface area contributed by atoms with Crippen molar-refractivity contribution < 1.29 is 9.90 Å². The molecule has 0 saturated carbocycles. The van der Waals surface area contributed by atoms with Gasteiger partial charge in [0.25, 0.3) is 0 Å². The van der Waals surface area contributed by atoms with Gasteiger partial charge in [0.15, 0.2) is 5.82 Å². The van der Waals surface area contributed by atoms with Crippen LogP contribution in [0.3, 0.4) is 0 Å². The highest BCUT2D eigenvalue weighted by Crippen LogP contribution is 2.09. The standard InChI is InChI=1S/C7H12N4O2S/c1-2-11-6(8-9-10-11)5-14-4-3-7(12)13/h2-5H2,1H3,(H,12,13). The van der Waals surface area contributed by atoms with Gasteiger partial charge >= 0.3 is 5.97 Å². The van der Waals surface area contributed by atoms with Crippen molar-refractivity contribution in [1.29, 1.82) is 0 Å². The number of rotatable bonds is 6. The third-order valence-electron chi connectivity index (χ3n) is 1.60. The normalized spacial score (nSPS) is 10.4. The van der Waals surface area contributed by atoms with Crippen LogP contribution in [-0.2, 0) is 17.1 Å². The van der Waals surface area contributed by atoms with Gasteiger partial charge in [-0.1, -0.05) is 0 Å². The van der Waals surface area contributed by atoms with E-state index in [0.29, 0.717) is 11.5 Å². The van der Waals surface area contributed by atoms with Gasteiger partial charge in [0.05, 0.1) is 12.2 Å². The minimum Gasteiger partial charge on any atom is -0.481 e. The molecule has 1 N–H and O–H groups in total. The number of thioether (sulfide) groups is 1. The number of carboxylic acids is 1. The van der Waals surface area contributed by atoms with Gasteiger partial charge < -0.3 is 5.11 Å². The Morgan fingerprint density at radius 2 is 2.43 bits per heavy atom. The number of nitrogens with zero attached hydrogens (tertiary/aromatic N) is 4. The van der Waals surface area contributed by atoms with Crippen LogP contribution in [0.4, 0.5) is 0 Å². The lowest BCUT2D eigenvalue weighted by Gasteiger charge is -1.99. The molecule has 0 aliphatic rings. The summed E-state index contributed by atoms with van der Waals surface area (Å²) in [5, 5.41) is 19.6. The Morgan fingerprint density at radius 3 is 3.07 bits per heavy atom. The van der Waals surface area contributed by atoms with Crippen molar-refractivity contribution in [1.82, 2.24) is 20.2 Å². The van der Waals surface area contributed by atoms with E-state index in [1.165, 1.54) is 11.8 Å². The minimum absolute atomic E-state index is 0.179.